The summed E-state index contributed by atoms with van der Waals surface area (Å²) in [6.07, 6.45) is 5.77. The Kier molecular flexibility index (Phi) is 3.33. The van der Waals surface area contributed by atoms with E-state index in [0.717, 1.165) is 36.3 Å². The van der Waals surface area contributed by atoms with Crippen molar-refractivity contribution < 1.29 is 4.74 Å². The molecular weight excluding hydrogens is 318 g/mol. The smallest absolute Gasteiger partial charge is 0.271 e. The van der Waals surface area contributed by atoms with Crippen LogP contribution in [0, 0.1) is 0 Å². The summed E-state index contributed by atoms with van der Waals surface area (Å²) >= 11 is 0. The van der Waals surface area contributed by atoms with Crippen molar-refractivity contribution in [1.29, 1.82) is 0 Å². The van der Waals surface area contributed by atoms with E-state index in [1.54, 1.807) is 6.07 Å². The van der Waals surface area contributed by atoms with E-state index < -0.39 is 0 Å². The average Bonchev–Trinajstić information content (AvgIpc) is 3.02. The molecule has 2 fully saturated rings. The maximum Gasteiger partial charge on any atom is 0.271 e. The molecule has 0 radical (unpaired) electrons. The summed E-state index contributed by atoms with van der Waals surface area (Å²) in [7, 11) is 0. The van der Waals surface area contributed by atoms with E-state index in [1.807, 2.05) is 12.1 Å². The lowest BCUT2D eigenvalue weighted by Gasteiger charge is -2.15. The zero-order chi connectivity index (χ0) is 16.8. The van der Waals surface area contributed by atoms with E-state index >= 15 is 0 Å². The molecule has 2 aliphatic rings. The van der Waals surface area contributed by atoms with Gasteiger partial charge < -0.3 is 10.1 Å². The molecule has 4 N–H and O–H groups in total. The van der Waals surface area contributed by atoms with Crippen molar-refractivity contribution in [3.63, 3.8) is 0 Å². The lowest BCUT2D eigenvalue weighted by atomic mass is 10.2. The van der Waals surface area contributed by atoms with Crippen LogP contribution in [-0.2, 0) is 0 Å². The Labute approximate surface area is 144 Å². The Balaban J connectivity index is 1.21. The van der Waals surface area contributed by atoms with Crippen LogP contribution in [0.15, 0.2) is 29.1 Å². The fourth-order valence-corrected chi connectivity index (χ4v) is 3.68. The number of fused-ring (bicyclic) bond motifs is 1. The minimum atomic E-state index is -0.101. The minimum absolute atomic E-state index is 0.101. The molecule has 2 saturated carbocycles. The number of ether oxygens (including phenoxy) is 1. The van der Waals surface area contributed by atoms with Gasteiger partial charge in [-0.05, 0) is 37.8 Å². The largest absolute Gasteiger partial charge is 0.490 e. The SMILES string of the molecule is O=c1[nH][nH]c2cc(OC3CCC(Nc4cc(C5CC5)[nH]n4)C3)ccc12. The number of aromatic amines is 3. The monoisotopic (exact) mass is 339 g/mol. The summed E-state index contributed by atoms with van der Waals surface area (Å²) in [6, 6.07) is 8.07. The lowest BCUT2D eigenvalue weighted by molar-refractivity contribution is 0.209. The number of hydrogen-bond donors (Lipinski definition) is 4. The van der Waals surface area contributed by atoms with Crippen molar-refractivity contribution in [3.05, 3.63) is 40.3 Å². The number of H-pyrrole nitrogens is 3. The van der Waals surface area contributed by atoms with E-state index in [9.17, 15) is 4.79 Å². The van der Waals surface area contributed by atoms with Gasteiger partial charge in [0.05, 0.1) is 10.9 Å². The van der Waals surface area contributed by atoms with Crippen LogP contribution in [0.5, 0.6) is 5.75 Å². The van der Waals surface area contributed by atoms with Crippen LogP contribution in [0.4, 0.5) is 5.82 Å². The summed E-state index contributed by atoms with van der Waals surface area (Å²) in [4.78, 5) is 11.6. The third kappa shape index (κ3) is 2.90. The molecule has 5 rings (SSSR count). The molecule has 0 bridgehead atoms. The van der Waals surface area contributed by atoms with E-state index in [-0.39, 0.29) is 11.7 Å². The van der Waals surface area contributed by atoms with E-state index in [0.29, 0.717) is 17.3 Å². The normalized spacial score (nSPS) is 23.2. The maximum absolute atomic E-state index is 11.6. The number of nitrogens with one attached hydrogen (secondary N) is 4. The first-order chi connectivity index (χ1) is 12.2. The van der Waals surface area contributed by atoms with Gasteiger partial charge in [-0.15, -0.1) is 0 Å². The number of benzene rings is 1. The summed E-state index contributed by atoms with van der Waals surface area (Å²) in [5.41, 5.74) is 1.93. The highest BCUT2D eigenvalue weighted by atomic mass is 16.5. The highest BCUT2D eigenvalue weighted by Crippen LogP contribution is 2.39. The Bertz CT molecular complexity index is 952. The van der Waals surface area contributed by atoms with Crippen molar-refractivity contribution in [2.75, 3.05) is 5.32 Å². The zero-order valence-corrected chi connectivity index (χ0v) is 13.8. The summed E-state index contributed by atoms with van der Waals surface area (Å²) in [6.45, 7) is 0. The van der Waals surface area contributed by atoms with Gasteiger partial charge in [-0.25, -0.2) is 0 Å². The molecule has 0 spiro atoms. The van der Waals surface area contributed by atoms with Gasteiger partial charge >= 0.3 is 0 Å². The number of aromatic nitrogens is 4. The maximum atomic E-state index is 11.6. The number of anilines is 1. The highest BCUT2D eigenvalue weighted by Gasteiger charge is 2.28. The fraction of sp³-hybridized carbons (Fsp3) is 0.444. The van der Waals surface area contributed by atoms with Crippen LogP contribution in [0.2, 0.25) is 0 Å². The van der Waals surface area contributed by atoms with Crippen molar-refractivity contribution in [2.45, 2.75) is 50.2 Å². The summed E-state index contributed by atoms with van der Waals surface area (Å²) in [5, 5.41) is 17.1. The molecule has 2 aromatic heterocycles. The number of hydrogen-bond acceptors (Lipinski definition) is 4. The van der Waals surface area contributed by atoms with Gasteiger partial charge in [0.15, 0.2) is 0 Å². The van der Waals surface area contributed by atoms with Crippen molar-refractivity contribution >= 4 is 16.7 Å². The van der Waals surface area contributed by atoms with E-state index in [4.69, 9.17) is 4.74 Å². The molecule has 2 atom stereocenters. The predicted octanol–water partition coefficient (Wildman–Crippen LogP) is 2.87. The van der Waals surface area contributed by atoms with Crippen LogP contribution in [0.25, 0.3) is 10.9 Å². The lowest BCUT2D eigenvalue weighted by Crippen LogP contribution is -2.19. The van der Waals surface area contributed by atoms with Crippen molar-refractivity contribution in [2.24, 2.45) is 0 Å². The van der Waals surface area contributed by atoms with Gasteiger partial charge in [0.1, 0.15) is 17.7 Å². The second-order valence-electron chi connectivity index (χ2n) is 7.16. The molecule has 3 aromatic rings. The van der Waals surface area contributed by atoms with Gasteiger partial charge in [0.25, 0.3) is 5.56 Å². The second-order valence-corrected chi connectivity index (χ2v) is 7.16. The molecule has 2 aliphatic carbocycles. The molecule has 25 heavy (non-hydrogen) atoms. The van der Waals surface area contributed by atoms with Crippen LogP contribution in [0.1, 0.15) is 43.7 Å². The van der Waals surface area contributed by atoms with E-state index in [1.165, 1.54) is 18.5 Å². The molecule has 7 heteroatoms. The quantitative estimate of drug-likeness (QED) is 0.574. The summed E-state index contributed by atoms with van der Waals surface area (Å²) in [5.74, 6) is 2.43. The van der Waals surface area contributed by atoms with Crippen LogP contribution in [0.3, 0.4) is 0 Å². The van der Waals surface area contributed by atoms with Crippen LogP contribution in [-0.4, -0.2) is 32.5 Å². The standard InChI is InChI=1S/C18H21N5O2/c24-18-14-6-5-13(8-16(14)21-23-18)25-12-4-3-11(7-12)19-17-9-15(20-22-17)10-1-2-10/h5-6,8-12H,1-4,7H2,(H2,19,20,22)(H2,21,23,24). The molecule has 7 nitrogen and oxygen atoms in total. The number of rotatable bonds is 5. The van der Waals surface area contributed by atoms with E-state index in [2.05, 4.69) is 31.8 Å². The third-order valence-electron chi connectivity index (χ3n) is 5.20. The van der Waals surface area contributed by atoms with Crippen molar-refractivity contribution in [3.8, 4) is 5.75 Å². The minimum Gasteiger partial charge on any atom is -0.490 e. The van der Waals surface area contributed by atoms with Gasteiger partial charge in [-0.1, -0.05) is 0 Å². The van der Waals surface area contributed by atoms with Gasteiger partial charge in [-0.2, -0.15) is 5.10 Å². The second kappa shape index (κ2) is 5.68. The zero-order valence-electron chi connectivity index (χ0n) is 13.8. The molecule has 1 aromatic carbocycles. The van der Waals surface area contributed by atoms with Gasteiger partial charge in [0.2, 0.25) is 0 Å². The van der Waals surface area contributed by atoms with Crippen molar-refractivity contribution in [1.82, 2.24) is 20.4 Å². The predicted molar refractivity (Wildman–Crippen MR) is 95.2 cm³/mol. The molecule has 0 amide bonds. The Hall–Kier alpha value is -2.70. The molecule has 2 unspecified atom stereocenters. The fourth-order valence-electron chi connectivity index (χ4n) is 3.68. The van der Waals surface area contributed by atoms with Gasteiger partial charge in [0, 0.05) is 36.2 Å². The third-order valence-corrected chi connectivity index (χ3v) is 5.20. The topological polar surface area (TPSA) is 98.6 Å². The Morgan fingerprint density at radius 2 is 2.04 bits per heavy atom. The molecule has 130 valence electrons. The first kappa shape index (κ1) is 14.6. The van der Waals surface area contributed by atoms with Crippen LogP contribution >= 0.6 is 0 Å². The average molecular weight is 339 g/mol. The van der Waals surface area contributed by atoms with Gasteiger partial charge in [-0.3, -0.25) is 20.1 Å². The Morgan fingerprint density at radius 1 is 1.12 bits per heavy atom. The molecule has 0 saturated heterocycles. The first-order valence-corrected chi connectivity index (χ1v) is 8.93. The molecular formula is C18H21N5O2. The summed E-state index contributed by atoms with van der Waals surface area (Å²) < 4.78 is 6.11. The first-order valence-electron chi connectivity index (χ1n) is 8.93. The number of nitrogens with zero attached hydrogens (tertiary/aromatic N) is 1. The van der Waals surface area contributed by atoms with Crippen LogP contribution < -0.4 is 15.6 Å². The Morgan fingerprint density at radius 3 is 2.92 bits per heavy atom. The molecule has 2 heterocycles. The molecule has 0 aliphatic heterocycles. The highest BCUT2D eigenvalue weighted by molar-refractivity contribution is 5.79.